The molecule has 0 aliphatic carbocycles. The van der Waals surface area contributed by atoms with Gasteiger partial charge in [-0.15, -0.1) is 0 Å². The number of unbranched alkanes of at least 4 members (excludes halogenated alkanes) is 1. The SMILES string of the molecule is CCCCN(C(=O)Nc1cc(C(N)=O)c(F)cc1F)C1CCN(Cc2ccc(Oc3ccc(C(=O)N4CCOCC4)cc3)cc2)CC1. The van der Waals surface area contributed by atoms with Crippen molar-refractivity contribution < 1.29 is 32.6 Å². The zero-order valence-electron chi connectivity index (χ0n) is 26.6. The van der Waals surface area contributed by atoms with Gasteiger partial charge < -0.3 is 30.3 Å². The van der Waals surface area contributed by atoms with Gasteiger partial charge in [-0.1, -0.05) is 25.5 Å². The second-order valence-electron chi connectivity index (χ2n) is 11.8. The maximum atomic E-state index is 14.4. The molecular weight excluding hydrogens is 608 g/mol. The van der Waals surface area contributed by atoms with Crippen LogP contribution in [0.5, 0.6) is 11.5 Å². The predicted octanol–water partition coefficient (Wildman–Crippen LogP) is 5.63. The van der Waals surface area contributed by atoms with Crippen LogP contribution in [0.15, 0.2) is 60.7 Å². The molecule has 0 unspecified atom stereocenters. The first-order valence-corrected chi connectivity index (χ1v) is 16.0. The highest BCUT2D eigenvalue weighted by molar-refractivity contribution is 5.96. The average Bonchev–Trinajstić information content (AvgIpc) is 3.08. The zero-order chi connectivity index (χ0) is 33.3. The molecule has 3 N–H and O–H groups in total. The van der Waals surface area contributed by atoms with Gasteiger partial charge in [-0.25, -0.2) is 13.6 Å². The number of amides is 4. The normalized spacial score (nSPS) is 15.7. The minimum absolute atomic E-state index is 0.00859. The molecule has 3 aromatic carbocycles. The lowest BCUT2D eigenvalue weighted by Crippen LogP contribution is -2.49. The molecule has 0 spiro atoms. The van der Waals surface area contributed by atoms with Gasteiger partial charge in [0, 0.05) is 56.9 Å². The maximum absolute atomic E-state index is 14.4. The van der Waals surface area contributed by atoms with E-state index in [1.165, 1.54) is 0 Å². The number of nitrogens with one attached hydrogen (secondary N) is 1. The fourth-order valence-electron chi connectivity index (χ4n) is 5.86. The van der Waals surface area contributed by atoms with Crippen molar-refractivity contribution in [3.63, 3.8) is 0 Å². The lowest BCUT2D eigenvalue weighted by Gasteiger charge is -2.38. The summed E-state index contributed by atoms with van der Waals surface area (Å²) in [5.74, 6) is -1.77. The van der Waals surface area contributed by atoms with Gasteiger partial charge in [0.2, 0.25) is 0 Å². The number of urea groups is 1. The van der Waals surface area contributed by atoms with Gasteiger partial charge in [0.05, 0.1) is 24.5 Å². The number of nitrogens with two attached hydrogens (primary N) is 1. The number of rotatable bonds is 11. The largest absolute Gasteiger partial charge is 0.457 e. The van der Waals surface area contributed by atoms with E-state index in [9.17, 15) is 23.2 Å². The molecule has 12 heteroatoms. The van der Waals surface area contributed by atoms with E-state index < -0.39 is 29.1 Å². The summed E-state index contributed by atoms with van der Waals surface area (Å²) in [5.41, 5.74) is 6.17. The van der Waals surface area contributed by atoms with Crippen LogP contribution in [-0.4, -0.2) is 84.5 Å². The van der Waals surface area contributed by atoms with E-state index in [4.69, 9.17) is 15.2 Å². The standard InChI is InChI=1S/C35H41F2N5O5/c1-2-3-14-42(35(45)39-32-21-29(33(38)43)30(36)22-31(32)37)26-12-15-40(16-13-26)23-24-4-8-27(9-5-24)47-28-10-6-25(7-11-28)34(44)41-17-19-46-20-18-41/h4-11,21-22,26H,2-3,12-20,23H2,1H3,(H2,38,43)(H,39,45). The Labute approximate surface area is 273 Å². The molecule has 0 radical (unpaired) electrons. The van der Waals surface area contributed by atoms with E-state index in [1.54, 1.807) is 34.1 Å². The van der Waals surface area contributed by atoms with Crippen LogP contribution < -0.4 is 15.8 Å². The number of benzene rings is 3. The Morgan fingerprint density at radius 1 is 0.936 bits per heavy atom. The molecule has 2 saturated heterocycles. The minimum atomic E-state index is -1.07. The molecule has 5 rings (SSSR count). The van der Waals surface area contributed by atoms with Gasteiger partial charge in [0.1, 0.15) is 23.1 Å². The Morgan fingerprint density at radius 2 is 1.57 bits per heavy atom. The van der Waals surface area contributed by atoms with Crippen molar-refractivity contribution in [1.82, 2.24) is 14.7 Å². The van der Waals surface area contributed by atoms with Crippen LogP contribution in [-0.2, 0) is 11.3 Å². The van der Waals surface area contributed by atoms with Crippen molar-refractivity contribution >= 4 is 23.5 Å². The van der Waals surface area contributed by atoms with Crippen LogP contribution in [0.1, 0.15) is 58.9 Å². The van der Waals surface area contributed by atoms with E-state index in [2.05, 4.69) is 10.2 Å². The second kappa shape index (κ2) is 15.8. The van der Waals surface area contributed by atoms with Gasteiger partial charge in [0.15, 0.2) is 0 Å². The smallest absolute Gasteiger partial charge is 0.322 e. The van der Waals surface area contributed by atoms with Gasteiger partial charge in [-0.05, 0) is 67.3 Å². The van der Waals surface area contributed by atoms with Crippen LogP contribution in [0.25, 0.3) is 0 Å². The lowest BCUT2D eigenvalue weighted by molar-refractivity contribution is 0.0303. The monoisotopic (exact) mass is 649 g/mol. The summed E-state index contributed by atoms with van der Waals surface area (Å²) < 4.78 is 39.7. The molecule has 2 aliphatic heterocycles. The third kappa shape index (κ3) is 8.83. The summed E-state index contributed by atoms with van der Waals surface area (Å²) >= 11 is 0. The first-order valence-electron chi connectivity index (χ1n) is 16.0. The third-order valence-electron chi connectivity index (χ3n) is 8.54. The fraction of sp³-hybridized carbons (Fsp3) is 0.400. The Morgan fingerprint density at radius 3 is 2.19 bits per heavy atom. The number of carbonyl (C=O) groups excluding carboxylic acids is 3. The molecule has 2 aliphatic rings. The molecule has 0 atom stereocenters. The van der Waals surface area contributed by atoms with Crippen molar-refractivity contribution in [1.29, 1.82) is 0 Å². The highest BCUT2D eigenvalue weighted by Crippen LogP contribution is 2.26. The average molecular weight is 650 g/mol. The van der Waals surface area contributed by atoms with Gasteiger partial charge >= 0.3 is 6.03 Å². The number of ether oxygens (including phenoxy) is 2. The number of hydrogen-bond donors (Lipinski definition) is 2. The van der Waals surface area contributed by atoms with E-state index in [0.717, 1.165) is 56.9 Å². The molecule has 0 aromatic heterocycles. The topological polar surface area (TPSA) is 117 Å². The second-order valence-corrected chi connectivity index (χ2v) is 11.8. The molecule has 4 amide bonds. The molecule has 0 saturated carbocycles. The molecule has 47 heavy (non-hydrogen) atoms. The van der Waals surface area contributed by atoms with Gasteiger partial charge in [0.25, 0.3) is 11.8 Å². The maximum Gasteiger partial charge on any atom is 0.322 e. The number of primary amides is 1. The highest BCUT2D eigenvalue weighted by Gasteiger charge is 2.29. The van der Waals surface area contributed by atoms with Crippen molar-refractivity contribution in [3.8, 4) is 11.5 Å². The van der Waals surface area contributed by atoms with Crippen molar-refractivity contribution in [3.05, 3.63) is 89.0 Å². The third-order valence-corrected chi connectivity index (χ3v) is 8.54. The Bertz CT molecular complexity index is 1540. The van der Waals surface area contributed by atoms with Crippen LogP contribution >= 0.6 is 0 Å². The number of likely N-dealkylation sites (tertiary alicyclic amines) is 1. The fourth-order valence-corrected chi connectivity index (χ4v) is 5.86. The van der Waals surface area contributed by atoms with Crippen LogP contribution in [0.4, 0.5) is 19.3 Å². The van der Waals surface area contributed by atoms with E-state index in [1.807, 2.05) is 31.2 Å². The van der Waals surface area contributed by atoms with Crippen LogP contribution in [0, 0.1) is 11.6 Å². The van der Waals surface area contributed by atoms with Gasteiger partial charge in [-0.3, -0.25) is 14.5 Å². The van der Waals surface area contributed by atoms with Crippen LogP contribution in [0.2, 0.25) is 0 Å². The quantitative estimate of drug-likeness (QED) is 0.278. The van der Waals surface area contributed by atoms with E-state index >= 15 is 0 Å². The number of morpholine rings is 1. The Hall–Kier alpha value is -4.55. The summed E-state index contributed by atoms with van der Waals surface area (Å²) in [7, 11) is 0. The predicted molar refractivity (Wildman–Crippen MR) is 173 cm³/mol. The molecule has 10 nitrogen and oxygen atoms in total. The minimum Gasteiger partial charge on any atom is -0.457 e. The lowest BCUT2D eigenvalue weighted by atomic mass is 10.0. The number of piperidine rings is 1. The number of halogens is 2. The molecule has 2 fully saturated rings. The number of nitrogens with zero attached hydrogens (tertiary/aromatic N) is 3. The molecule has 2 heterocycles. The molecular formula is C35H41F2N5O5. The summed E-state index contributed by atoms with van der Waals surface area (Å²) in [4.78, 5) is 43.3. The summed E-state index contributed by atoms with van der Waals surface area (Å²) in [5, 5.41) is 2.52. The van der Waals surface area contributed by atoms with Crippen molar-refractivity contribution in [2.75, 3.05) is 51.3 Å². The molecule has 3 aromatic rings. The Kier molecular flexibility index (Phi) is 11.4. The van der Waals surface area contributed by atoms with E-state index in [0.29, 0.717) is 56.0 Å². The van der Waals surface area contributed by atoms with E-state index in [-0.39, 0.29) is 17.6 Å². The summed E-state index contributed by atoms with van der Waals surface area (Å²) in [6.45, 7) is 7.11. The highest BCUT2D eigenvalue weighted by atomic mass is 19.1. The first-order chi connectivity index (χ1) is 22.7. The number of hydrogen-bond acceptors (Lipinski definition) is 6. The molecule has 0 bridgehead atoms. The first kappa shape index (κ1) is 33.8. The number of anilines is 1. The molecule has 250 valence electrons. The van der Waals surface area contributed by atoms with Crippen molar-refractivity contribution in [2.45, 2.75) is 45.2 Å². The van der Waals surface area contributed by atoms with Crippen LogP contribution in [0.3, 0.4) is 0 Å². The Balaban J connectivity index is 1.12. The number of carbonyl (C=O) groups is 3. The summed E-state index contributed by atoms with van der Waals surface area (Å²) in [6, 6.07) is 16.0. The summed E-state index contributed by atoms with van der Waals surface area (Å²) in [6.07, 6.45) is 3.12. The van der Waals surface area contributed by atoms with Gasteiger partial charge in [-0.2, -0.15) is 0 Å². The zero-order valence-corrected chi connectivity index (χ0v) is 26.6. The van der Waals surface area contributed by atoms with Crippen molar-refractivity contribution in [2.24, 2.45) is 5.73 Å².